The zero-order chi connectivity index (χ0) is 32.2. The van der Waals surface area contributed by atoms with E-state index >= 15 is 0 Å². The Hall–Kier alpha value is -0.263. The molecule has 2 fully saturated rings. The number of alkyl halides is 2. The van der Waals surface area contributed by atoms with Gasteiger partial charge in [0.05, 0.1) is 38.2 Å². The van der Waals surface area contributed by atoms with E-state index in [4.69, 9.17) is 27.7 Å². The first-order chi connectivity index (χ1) is 19.9. The van der Waals surface area contributed by atoms with Crippen molar-refractivity contribution in [2.24, 2.45) is 0 Å². The van der Waals surface area contributed by atoms with Gasteiger partial charge >= 0.3 is 13.4 Å². The van der Waals surface area contributed by atoms with Gasteiger partial charge in [-0.2, -0.15) is 4.39 Å². The summed E-state index contributed by atoms with van der Waals surface area (Å²) in [5.41, 5.74) is -1.91. The van der Waals surface area contributed by atoms with Gasteiger partial charge in [-0.25, -0.2) is 14.0 Å². The fourth-order valence-electron chi connectivity index (χ4n) is 4.50. The number of nitrogens with zero attached hydrogens (tertiary/aromatic N) is 2. The molecule has 1 aromatic heterocycles. The molecule has 3 rings (SSSR count). The zero-order valence-electron chi connectivity index (χ0n) is 25.9. The monoisotopic (exact) mass is 779 g/mol. The lowest BCUT2D eigenvalue weighted by Gasteiger charge is -2.39. The standard InChI is InChI=1S/C26H45Br2FN3O9PSi/c1-25(2,3)43(6,7)41-20-14-22(32-15-19(29)23(33)30-24(32)34)39-21(20)17-38-42(35,31(11-9-27)12-10-28)37-13-8-18-16-36-26(4,5)40-18/h15,18,20-22H,8-14,16-17H2,1-7H3,(H,30,33,34)/t18?,20-,21+,22+,42?/m0/s1. The SMILES string of the molecule is CC1(C)OCC(CCOP(=O)(OC[C@H]2O[C@@H](n3cc(F)c(=O)[nH]c3=O)C[C@@H]2O[Si](C)(C)C(C)(C)C)N(CCBr)CCBr)O1. The van der Waals surface area contributed by atoms with E-state index in [1.165, 1.54) is 0 Å². The number of rotatable bonds is 15. The van der Waals surface area contributed by atoms with Crippen LogP contribution in [0.2, 0.25) is 18.1 Å². The van der Waals surface area contributed by atoms with Crippen LogP contribution in [-0.2, 0) is 32.2 Å². The lowest BCUT2D eigenvalue weighted by Crippen LogP contribution is -2.46. The molecule has 2 aliphatic heterocycles. The maximum atomic E-state index is 14.3. The molecule has 0 spiro atoms. The highest BCUT2D eigenvalue weighted by atomic mass is 79.9. The second kappa shape index (κ2) is 15.1. The Morgan fingerprint density at radius 1 is 1.21 bits per heavy atom. The van der Waals surface area contributed by atoms with Crippen molar-refractivity contribution < 1.29 is 36.6 Å². The van der Waals surface area contributed by atoms with Crippen molar-refractivity contribution >= 4 is 47.9 Å². The first-order valence-corrected chi connectivity index (χ1v) is 21.0. The van der Waals surface area contributed by atoms with Crippen molar-refractivity contribution in [2.45, 2.75) is 95.9 Å². The van der Waals surface area contributed by atoms with Gasteiger partial charge in [0.25, 0.3) is 5.56 Å². The third-order valence-corrected chi connectivity index (χ3v) is 15.2. The molecule has 0 aliphatic carbocycles. The number of aromatic amines is 1. The van der Waals surface area contributed by atoms with E-state index in [9.17, 15) is 18.5 Å². The molecule has 0 bridgehead atoms. The Morgan fingerprint density at radius 3 is 2.42 bits per heavy atom. The summed E-state index contributed by atoms with van der Waals surface area (Å²) in [7, 11) is -6.20. The normalized spacial score (nSPS) is 25.8. The number of halogens is 3. The summed E-state index contributed by atoms with van der Waals surface area (Å²) in [4.78, 5) is 26.1. The number of aromatic nitrogens is 2. The van der Waals surface area contributed by atoms with Gasteiger partial charge < -0.3 is 18.6 Å². The van der Waals surface area contributed by atoms with Crippen LogP contribution in [0.1, 0.15) is 53.7 Å². The van der Waals surface area contributed by atoms with Gasteiger partial charge in [-0.05, 0) is 38.4 Å². The molecule has 3 heterocycles. The first-order valence-electron chi connectivity index (χ1n) is 14.3. The highest BCUT2D eigenvalue weighted by molar-refractivity contribution is 9.09. The molecular weight excluding hydrogens is 736 g/mol. The van der Waals surface area contributed by atoms with Crippen LogP contribution in [0.4, 0.5) is 4.39 Å². The second-order valence-corrected chi connectivity index (χ2v) is 21.0. The average molecular weight is 782 g/mol. The Morgan fingerprint density at radius 2 is 1.86 bits per heavy atom. The molecule has 0 saturated carbocycles. The molecule has 2 saturated heterocycles. The van der Waals surface area contributed by atoms with Gasteiger partial charge in [-0.15, -0.1) is 0 Å². The third-order valence-electron chi connectivity index (χ3n) is 7.86. The zero-order valence-corrected chi connectivity index (χ0v) is 31.0. The molecule has 1 aromatic rings. The van der Waals surface area contributed by atoms with E-state index in [0.717, 1.165) is 10.8 Å². The Labute approximate surface area is 270 Å². The summed E-state index contributed by atoms with van der Waals surface area (Å²) in [6.07, 6.45) is -0.997. The van der Waals surface area contributed by atoms with Gasteiger partial charge in [0.15, 0.2) is 14.1 Å². The minimum atomic E-state index is -3.85. The molecule has 12 nitrogen and oxygen atoms in total. The van der Waals surface area contributed by atoms with Crippen molar-refractivity contribution in [3.05, 3.63) is 32.9 Å². The van der Waals surface area contributed by atoms with E-state index in [2.05, 4.69) is 65.7 Å². The highest BCUT2D eigenvalue weighted by Crippen LogP contribution is 2.53. The summed E-state index contributed by atoms with van der Waals surface area (Å²) < 4.78 is 67.6. The van der Waals surface area contributed by atoms with Crippen molar-refractivity contribution in [2.75, 3.05) is 43.6 Å². The van der Waals surface area contributed by atoms with Gasteiger partial charge in [0, 0.05) is 30.2 Å². The molecule has 0 radical (unpaired) electrons. The number of H-pyrrole nitrogens is 1. The molecule has 2 aliphatic rings. The van der Waals surface area contributed by atoms with Crippen LogP contribution in [0.3, 0.4) is 0 Å². The fraction of sp³-hybridized carbons (Fsp3) is 0.846. The first kappa shape index (κ1) is 37.2. The number of hydrogen-bond acceptors (Lipinski definition) is 9. The van der Waals surface area contributed by atoms with Crippen molar-refractivity contribution in [3.63, 3.8) is 0 Å². The summed E-state index contributed by atoms with van der Waals surface area (Å²) in [6, 6.07) is 0. The lowest BCUT2D eigenvalue weighted by atomic mass is 10.2. The average Bonchev–Trinajstić information content (AvgIpc) is 3.45. The predicted molar refractivity (Wildman–Crippen MR) is 170 cm³/mol. The van der Waals surface area contributed by atoms with Crippen LogP contribution < -0.4 is 11.2 Å². The molecule has 2 unspecified atom stereocenters. The molecule has 0 aromatic carbocycles. The maximum absolute atomic E-state index is 14.3. The Bertz CT molecular complexity index is 1240. The van der Waals surface area contributed by atoms with E-state index in [1.54, 1.807) is 4.67 Å². The minimum Gasteiger partial charge on any atom is -0.411 e. The Balaban J connectivity index is 1.83. The number of ether oxygens (including phenoxy) is 3. The third kappa shape index (κ3) is 9.86. The van der Waals surface area contributed by atoms with Crippen molar-refractivity contribution in [1.29, 1.82) is 0 Å². The molecule has 17 heteroatoms. The van der Waals surface area contributed by atoms with E-state index in [1.807, 2.05) is 18.8 Å². The molecular formula is C26H45Br2FN3O9PSi. The second-order valence-electron chi connectivity index (χ2n) is 12.6. The predicted octanol–water partition coefficient (Wildman–Crippen LogP) is 5.13. The quantitative estimate of drug-likeness (QED) is 0.145. The molecule has 248 valence electrons. The fourth-order valence-corrected chi connectivity index (χ4v) is 9.03. The summed E-state index contributed by atoms with van der Waals surface area (Å²) in [5, 5.41) is 0.924. The number of hydrogen-bond donors (Lipinski definition) is 1. The van der Waals surface area contributed by atoms with Gasteiger partial charge in [0.1, 0.15) is 12.3 Å². The van der Waals surface area contributed by atoms with Crippen LogP contribution in [0.25, 0.3) is 0 Å². The highest BCUT2D eigenvalue weighted by Gasteiger charge is 2.47. The molecule has 43 heavy (non-hydrogen) atoms. The van der Waals surface area contributed by atoms with Gasteiger partial charge in [-0.1, -0.05) is 52.6 Å². The van der Waals surface area contributed by atoms with Crippen LogP contribution in [0.5, 0.6) is 0 Å². The van der Waals surface area contributed by atoms with Gasteiger partial charge in [0.2, 0.25) is 5.82 Å². The van der Waals surface area contributed by atoms with E-state index < -0.39 is 57.4 Å². The largest absolute Gasteiger partial charge is 0.411 e. The summed E-state index contributed by atoms with van der Waals surface area (Å²) in [5.74, 6) is -1.79. The maximum Gasteiger partial charge on any atom is 0.408 e. The molecule has 0 amide bonds. The van der Waals surface area contributed by atoms with Crippen LogP contribution >= 0.6 is 39.6 Å². The van der Waals surface area contributed by atoms with Crippen molar-refractivity contribution in [3.8, 4) is 0 Å². The number of nitrogens with one attached hydrogen (secondary N) is 1. The summed E-state index contributed by atoms with van der Waals surface area (Å²) in [6.45, 7) is 15.3. The lowest BCUT2D eigenvalue weighted by molar-refractivity contribution is -0.139. The minimum absolute atomic E-state index is 0.104. The van der Waals surface area contributed by atoms with Crippen molar-refractivity contribution in [1.82, 2.24) is 14.2 Å². The topological polar surface area (TPSA) is 131 Å². The van der Waals surface area contributed by atoms with Gasteiger partial charge in [-0.3, -0.25) is 23.4 Å². The van der Waals surface area contributed by atoms with E-state index in [0.29, 0.717) is 36.8 Å². The molecule has 5 atom stereocenters. The summed E-state index contributed by atoms with van der Waals surface area (Å²) >= 11 is 6.85. The van der Waals surface area contributed by atoms with Crippen LogP contribution in [0.15, 0.2) is 15.8 Å². The smallest absolute Gasteiger partial charge is 0.408 e. The van der Waals surface area contributed by atoms with E-state index in [-0.39, 0.29) is 30.8 Å². The van der Waals surface area contributed by atoms with Crippen LogP contribution in [0, 0.1) is 5.82 Å². The molecule has 1 N–H and O–H groups in total. The Kier molecular flexibility index (Phi) is 13.1. The van der Waals surface area contributed by atoms with Crippen LogP contribution in [-0.4, -0.2) is 90.2 Å².